The molecule has 0 saturated carbocycles. The van der Waals surface area contributed by atoms with Crippen LogP contribution in [0.2, 0.25) is 0 Å². The lowest BCUT2D eigenvalue weighted by Crippen LogP contribution is -2.08. The van der Waals surface area contributed by atoms with E-state index in [9.17, 15) is 4.79 Å². The number of amides is 1. The molecule has 0 bridgehead atoms. The number of nitrogens with two attached hydrogens (primary N) is 1. The number of carbonyl (C=O) groups excluding carboxylic acids is 1. The second kappa shape index (κ2) is 2.85. The van der Waals surface area contributed by atoms with E-state index >= 15 is 0 Å². The fraction of sp³-hybridized carbons (Fsp3) is 0.300. The van der Waals surface area contributed by atoms with E-state index in [0.29, 0.717) is 6.54 Å². The zero-order valence-corrected chi connectivity index (χ0v) is 7.50. The Balaban J connectivity index is 2.47. The summed E-state index contributed by atoms with van der Waals surface area (Å²) in [6, 6.07) is 5.86. The average molecular weight is 176 g/mol. The third-order valence-corrected chi connectivity index (χ3v) is 2.47. The summed E-state index contributed by atoms with van der Waals surface area (Å²) in [7, 11) is 0. The zero-order chi connectivity index (χ0) is 9.42. The quantitative estimate of drug-likeness (QED) is 0.675. The van der Waals surface area contributed by atoms with Crippen molar-refractivity contribution in [2.75, 3.05) is 5.32 Å². The van der Waals surface area contributed by atoms with Crippen LogP contribution in [0.1, 0.15) is 24.0 Å². The van der Waals surface area contributed by atoms with E-state index in [4.69, 9.17) is 5.73 Å². The number of hydrogen-bond donors (Lipinski definition) is 2. The highest BCUT2D eigenvalue weighted by atomic mass is 16.2. The van der Waals surface area contributed by atoms with E-state index in [2.05, 4.69) is 5.32 Å². The largest absolute Gasteiger partial charge is 0.326 e. The molecular formula is C10H12N2O. The van der Waals surface area contributed by atoms with Crippen LogP contribution >= 0.6 is 0 Å². The van der Waals surface area contributed by atoms with Gasteiger partial charge in [-0.05, 0) is 24.1 Å². The fourth-order valence-corrected chi connectivity index (χ4v) is 1.59. The van der Waals surface area contributed by atoms with Crippen LogP contribution in [0.15, 0.2) is 18.2 Å². The van der Waals surface area contributed by atoms with Gasteiger partial charge in [0.05, 0.1) is 5.92 Å². The Hall–Kier alpha value is -1.35. The molecule has 3 nitrogen and oxygen atoms in total. The van der Waals surface area contributed by atoms with Crippen molar-refractivity contribution in [3.05, 3.63) is 29.3 Å². The molecule has 1 atom stereocenters. The summed E-state index contributed by atoms with van der Waals surface area (Å²) < 4.78 is 0. The molecule has 0 radical (unpaired) electrons. The monoisotopic (exact) mass is 176 g/mol. The molecule has 1 aromatic carbocycles. The van der Waals surface area contributed by atoms with Gasteiger partial charge >= 0.3 is 0 Å². The minimum Gasteiger partial charge on any atom is -0.326 e. The Labute approximate surface area is 76.9 Å². The molecule has 0 fully saturated rings. The molecule has 0 aliphatic carbocycles. The molecule has 2 rings (SSSR count). The van der Waals surface area contributed by atoms with Gasteiger partial charge in [-0.2, -0.15) is 0 Å². The van der Waals surface area contributed by atoms with E-state index in [1.54, 1.807) is 0 Å². The van der Waals surface area contributed by atoms with Crippen molar-refractivity contribution in [1.82, 2.24) is 0 Å². The Morgan fingerprint density at radius 3 is 3.00 bits per heavy atom. The maximum atomic E-state index is 11.3. The number of rotatable bonds is 1. The second-order valence-corrected chi connectivity index (χ2v) is 3.34. The lowest BCUT2D eigenvalue weighted by molar-refractivity contribution is -0.116. The molecule has 13 heavy (non-hydrogen) atoms. The molecule has 1 aliphatic rings. The van der Waals surface area contributed by atoms with Crippen LogP contribution < -0.4 is 11.1 Å². The third kappa shape index (κ3) is 1.21. The van der Waals surface area contributed by atoms with Crippen molar-refractivity contribution in [3.63, 3.8) is 0 Å². The second-order valence-electron chi connectivity index (χ2n) is 3.34. The van der Waals surface area contributed by atoms with Crippen molar-refractivity contribution in [2.45, 2.75) is 19.4 Å². The molecular weight excluding hydrogens is 164 g/mol. The van der Waals surface area contributed by atoms with Crippen LogP contribution in [-0.4, -0.2) is 5.91 Å². The number of anilines is 1. The summed E-state index contributed by atoms with van der Waals surface area (Å²) in [6.45, 7) is 2.43. The molecule has 1 aromatic rings. The number of benzene rings is 1. The average Bonchev–Trinajstić information content (AvgIpc) is 2.43. The molecule has 3 N–H and O–H groups in total. The van der Waals surface area contributed by atoms with E-state index < -0.39 is 0 Å². The van der Waals surface area contributed by atoms with Crippen LogP contribution in [-0.2, 0) is 11.3 Å². The molecule has 3 heteroatoms. The van der Waals surface area contributed by atoms with Gasteiger partial charge in [0.1, 0.15) is 0 Å². The topological polar surface area (TPSA) is 55.1 Å². The third-order valence-electron chi connectivity index (χ3n) is 2.47. The predicted octanol–water partition coefficient (Wildman–Crippen LogP) is 1.20. The van der Waals surface area contributed by atoms with Gasteiger partial charge in [-0.15, -0.1) is 0 Å². The van der Waals surface area contributed by atoms with Gasteiger partial charge in [0, 0.05) is 12.2 Å². The van der Waals surface area contributed by atoms with E-state index in [1.807, 2.05) is 25.1 Å². The predicted molar refractivity (Wildman–Crippen MR) is 51.4 cm³/mol. The van der Waals surface area contributed by atoms with Gasteiger partial charge in [0.2, 0.25) is 5.91 Å². The zero-order valence-electron chi connectivity index (χ0n) is 7.50. The number of fused-ring (bicyclic) bond motifs is 1. The van der Waals surface area contributed by atoms with Crippen LogP contribution in [0.3, 0.4) is 0 Å². The molecule has 1 unspecified atom stereocenters. The van der Waals surface area contributed by atoms with Crippen LogP contribution in [0.5, 0.6) is 0 Å². The van der Waals surface area contributed by atoms with Crippen LogP contribution in [0.4, 0.5) is 5.69 Å². The van der Waals surface area contributed by atoms with Crippen molar-refractivity contribution >= 4 is 11.6 Å². The van der Waals surface area contributed by atoms with Crippen LogP contribution in [0, 0.1) is 0 Å². The number of hydrogen-bond acceptors (Lipinski definition) is 2. The Bertz CT molecular complexity index is 360. The van der Waals surface area contributed by atoms with E-state index in [-0.39, 0.29) is 11.8 Å². The SMILES string of the molecule is CC1C(=O)Nc2ccc(CN)cc21. The smallest absolute Gasteiger partial charge is 0.231 e. The Morgan fingerprint density at radius 1 is 1.54 bits per heavy atom. The lowest BCUT2D eigenvalue weighted by Gasteiger charge is -2.03. The molecule has 0 spiro atoms. The maximum Gasteiger partial charge on any atom is 0.231 e. The van der Waals surface area contributed by atoms with Crippen molar-refractivity contribution in [3.8, 4) is 0 Å². The highest BCUT2D eigenvalue weighted by molar-refractivity contribution is 6.02. The first kappa shape index (κ1) is 8.26. The highest BCUT2D eigenvalue weighted by Crippen LogP contribution is 2.32. The molecule has 0 saturated heterocycles. The summed E-state index contributed by atoms with van der Waals surface area (Å²) in [5.41, 5.74) is 8.58. The lowest BCUT2D eigenvalue weighted by atomic mass is 10.0. The van der Waals surface area contributed by atoms with Gasteiger partial charge in [-0.3, -0.25) is 4.79 Å². The highest BCUT2D eigenvalue weighted by Gasteiger charge is 2.25. The van der Waals surface area contributed by atoms with Gasteiger partial charge < -0.3 is 11.1 Å². The molecule has 1 heterocycles. The first-order valence-corrected chi connectivity index (χ1v) is 4.36. The van der Waals surface area contributed by atoms with E-state index in [1.165, 1.54) is 0 Å². The molecule has 68 valence electrons. The summed E-state index contributed by atoms with van der Waals surface area (Å²) in [5.74, 6) is 0.0330. The minimum absolute atomic E-state index is 0.0403. The molecule has 1 amide bonds. The number of carbonyl (C=O) groups is 1. The van der Waals surface area contributed by atoms with Crippen molar-refractivity contribution in [1.29, 1.82) is 0 Å². The Kier molecular flexibility index (Phi) is 1.81. The summed E-state index contributed by atoms with van der Waals surface area (Å²) in [6.07, 6.45) is 0. The first-order valence-electron chi connectivity index (χ1n) is 4.36. The fourth-order valence-electron chi connectivity index (χ4n) is 1.59. The maximum absolute atomic E-state index is 11.3. The number of nitrogens with one attached hydrogen (secondary N) is 1. The van der Waals surface area contributed by atoms with Gasteiger partial charge in [-0.1, -0.05) is 12.1 Å². The normalized spacial score (nSPS) is 19.8. The molecule has 0 aromatic heterocycles. The van der Waals surface area contributed by atoms with Gasteiger partial charge in [-0.25, -0.2) is 0 Å². The minimum atomic E-state index is -0.0403. The summed E-state index contributed by atoms with van der Waals surface area (Å²) >= 11 is 0. The van der Waals surface area contributed by atoms with Gasteiger partial charge in [0.25, 0.3) is 0 Å². The summed E-state index contributed by atoms with van der Waals surface area (Å²) in [5, 5.41) is 2.82. The van der Waals surface area contributed by atoms with Gasteiger partial charge in [0.15, 0.2) is 0 Å². The first-order chi connectivity index (χ1) is 6.22. The summed E-state index contributed by atoms with van der Waals surface area (Å²) in [4.78, 5) is 11.3. The van der Waals surface area contributed by atoms with Crippen LogP contribution in [0.25, 0.3) is 0 Å². The Morgan fingerprint density at radius 2 is 2.31 bits per heavy atom. The molecule has 1 aliphatic heterocycles. The van der Waals surface area contributed by atoms with Crippen molar-refractivity contribution in [2.24, 2.45) is 5.73 Å². The van der Waals surface area contributed by atoms with Crippen molar-refractivity contribution < 1.29 is 4.79 Å². The van der Waals surface area contributed by atoms with E-state index in [0.717, 1.165) is 16.8 Å². The standard InChI is InChI=1S/C10H12N2O/c1-6-8-4-7(5-11)2-3-9(8)12-10(6)13/h2-4,6H,5,11H2,1H3,(H,12,13).